The topological polar surface area (TPSA) is 130 Å². The molecule has 50 heavy (non-hydrogen) atoms. The number of halogens is 3. The van der Waals surface area contributed by atoms with Gasteiger partial charge in [0.1, 0.15) is 28.1 Å². The minimum Gasteiger partial charge on any atom is -0.870 e. The Labute approximate surface area is 299 Å². The van der Waals surface area contributed by atoms with Gasteiger partial charge in [-0.3, -0.25) is 4.90 Å². The van der Waals surface area contributed by atoms with E-state index in [2.05, 4.69) is 15.2 Å². The van der Waals surface area contributed by atoms with Gasteiger partial charge in [-0.05, 0) is 91.5 Å². The number of H-pyrrole nitrogens is 1. The minimum absolute atomic E-state index is 0. The first kappa shape index (κ1) is 36.9. The van der Waals surface area contributed by atoms with Crippen molar-refractivity contribution in [3.63, 3.8) is 0 Å². The highest BCUT2D eigenvalue weighted by molar-refractivity contribution is 6.35. The maximum Gasteiger partial charge on any atom is 0.338 e. The number of nitrogens with one attached hydrogen (secondary N) is 2. The summed E-state index contributed by atoms with van der Waals surface area (Å²) in [4.78, 5) is 32.3. The Hall–Kier alpha value is -4.42. The monoisotopic (exact) mass is 725 g/mol. The van der Waals surface area contributed by atoms with Crippen LogP contribution < -0.4 is 19.8 Å². The van der Waals surface area contributed by atoms with Crippen LogP contribution >= 0.6 is 23.2 Å². The molecule has 3 fully saturated rings. The van der Waals surface area contributed by atoms with Crippen LogP contribution in [0.2, 0.25) is 10.0 Å². The number of esters is 2. The van der Waals surface area contributed by atoms with Crippen LogP contribution in [0.4, 0.5) is 10.1 Å². The van der Waals surface area contributed by atoms with Gasteiger partial charge in [0.2, 0.25) is 0 Å². The molecule has 0 radical (unpaired) electrons. The highest BCUT2D eigenvalue weighted by Crippen LogP contribution is 2.36. The first-order valence-electron chi connectivity index (χ1n) is 16.0. The smallest absolute Gasteiger partial charge is 0.338 e. The molecule has 3 atom stereocenters. The molecule has 7 rings (SSSR count). The molecule has 0 aliphatic carbocycles. The zero-order valence-electron chi connectivity index (χ0n) is 27.5. The van der Waals surface area contributed by atoms with E-state index in [-0.39, 0.29) is 23.6 Å². The highest BCUT2D eigenvalue weighted by atomic mass is 35.5. The molecule has 264 valence electrons. The number of methoxy groups -OCH3 is 2. The standard InChI is InChI=1S/C37H36Cl2FN3O6.H2O/c1-46-31-12-7-25(17-33(31)47-2)32(18-28-29(38)19-41-20-30(28)39)48-36(44)24-5-10-27(11-6-24)42-35(23-3-8-26(40)9-4-23)37(45)49-34-21-43-15-13-22(34)14-16-43;/h3-12,17,19-20,22,32,34-35,42H,13-16,18,21H2,1-2H3;1H2/t32?,34-,35?;/m0./s1. The summed E-state index contributed by atoms with van der Waals surface area (Å²) in [5.74, 6) is -0.101. The van der Waals surface area contributed by atoms with Crippen LogP contribution in [-0.2, 0) is 20.7 Å². The van der Waals surface area contributed by atoms with Crippen molar-refractivity contribution in [2.75, 3.05) is 39.2 Å². The van der Waals surface area contributed by atoms with Crippen LogP contribution in [0.25, 0.3) is 0 Å². The number of carbonyl (C=O) groups excluding carboxylic acids is 2. The summed E-state index contributed by atoms with van der Waals surface area (Å²) in [6, 6.07) is 16.7. The Morgan fingerprint density at radius 1 is 0.920 bits per heavy atom. The molecule has 3 N–H and O–H groups in total. The summed E-state index contributed by atoms with van der Waals surface area (Å²) < 4.78 is 36.8. The minimum atomic E-state index is -0.888. The summed E-state index contributed by atoms with van der Waals surface area (Å²) >= 11 is 12.9. The molecule has 3 saturated heterocycles. The first-order chi connectivity index (χ1) is 23.7. The summed E-state index contributed by atoms with van der Waals surface area (Å²) in [7, 11) is 3.06. The number of rotatable bonds is 12. The number of benzene rings is 3. The third-order valence-corrected chi connectivity index (χ3v) is 9.82. The Bertz CT molecular complexity index is 1770. The Kier molecular flexibility index (Phi) is 12.2. The fraction of sp³-hybridized carbons (Fsp3) is 0.324. The maximum atomic E-state index is 13.8. The van der Waals surface area contributed by atoms with E-state index < -0.39 is 29.9 Å². The number of carbonyl (C=O) groups is 2. The van der Waals surface area contributed by atoms with Gasteiger partial charge >= 0.3 is 11.9 Å². The molecule has 2 unspecified atom stereocenters. The van der Waals surface area contributed by atoms with Gasteiger partial charge in [0.15, 0.2) is 29.9 Å². The van der Waals surface area contributed by atoms with E-state index in [1.165, 1.54) is 26.4 Å². The van der Waals surface area contributed by atoms with Crippen molar-refractivity contribution in [2.24, 2.45) is 5.92 Å². The molecule has 0 amide bonds. The highest BCUT2D eigenvalue weighted by Gasteiger charge is 2.38. The maximum absolute atomic E-state index is 13.8. The molecule has 3 aromatic carbocycles. The third kappa shape index (κ3) is 8.47. The number of piperidine rings is 3. The second kappa shape index (κ2) is 16.5. The molecule has 4 heterocycles. The second-order valence-corrected chi connectivity index (χ2v) is 13.0. The van der Waals surface area contributed by atoms with Crippen molar-refractivity contribution >= 4 is 40.8 Å². The van der Waals surface area contributed by atoms with Crippen LogP contribution in [0.5, 0.6) is 11.5 Å². The van der Waals surface area contributed by atoms with Gasteiger partial charge in [0, 0.05) is 24.2 Å². The molecule has 0 spiro atoms. The fourth-order valence-electron chi connectivity index (χ4n) is 6.40. The van der Waals surface area contributed by atoms with Crippen molar-refractivity contribution in [2.45, 2.75) is 37.5 Å². The molecule has 3 aliphatic rings. The van der Waals surface area contributed by atoms with Gasteiger partial charge in [-0.2, -0.15) is 0 Å². The van der Waals surface area contributed by atoms with Crippen LogP contribution in [0.15, 0.2) is 79.1 Å². The van der Waals surface area contributed by atoms with E-state index in [4.69, 9.17) is 42.1 Å². The number of hydrogen-bond donors (Lipinski definition) is 1. The molecule has 4 aromatic rings. The van der Waals surface area contributed by atoms with Gasteiger partial charge in [-0.25, -0.2) is 19.0 Å². The number of aromatic nitrogens is 1. The largest absolute Gasteiger partial charge is 0.870 e. The van der Waals surface area contributed by atoms with Crippen molar-refractivity contribution in [1.82, 2.24) is 4.90 Å². The van der Waals surface area contributed by atoms with Crippen molar-refractivity contribution in [1.29, 1.82) is 0 Å². The zero-order valence-corrected chi connectivity index (χ0v) is 29.0. The normalized spacial score (nSPS) is 19.0. The zero-order chi connectivity index (χ0) is 34.5. The van der Waals surface area contributed by atoms with E-state index in [1.54, 1.807) is 67.0 Å². The Morgan fingerprint density at radius 3 is 2.16 bits per heavy atom. The average molecular weight is 727 g/mol. The molecule has 10 nitrogen and oxygen atoms in total. The molecular formula is C37H38Cl2FN3O7. The molecule has 3 aliphatic heterocycles. The van der Waals surface area contributed by atoms with Crippen LogP contribution in [-0.4, -0.2) is 62.3 Å². The summed E-state index contributed by atoms with van der Waals surface area (Å²) in [6.07, 6.45) is 4.43. The number of ether oxygens (including phenoxy) is 4. The van der Waals surface area contributed by atoms with Crippen molar-refractivity contribution in [3.05, 3.63) is 117 Å². The Morgan fingerprint density at radius 2 is 1.56 bits per heavy atom. The predicted molar refractivity (Wildman–Crippen MR) is 185 cm³/mol. The quantitative estimate of drug-likeness (QED) is 0.158. The number of nitrogens with zero attached hydrogens (tertiary/aromatic N) is 1. The van der Waals surface area contributed by atoms with E-state index >= 15 is 0 Å². The molecular weight excluding hydrogens is 688 g/mol. The molecule has 0 saturated carbocycles. The van der Waals surface area contributed by atoms with Crippen LogP contribution in [0, 0.1) is 11.7 Å². The number of aromatic amines is 1. The second-order valence-electron chi connectivity index (χ2n) is 12.2. The van der Waals surface area contributed by atoms with Crippen LogP contribution in [0.1, 0.15) is 52.0 Å². The van der Waals surface area contributed by atoms with Crippen molar-refractivity contribution in [3.8, 4) is 11.5 Å². The number of pyridine rings is 1. The lowest BCUT2D eigenvalue weighted by Crippen LogP contribution is -2.52. The Balaban J connectivity index is 0.00000486. The lowest BCUT2D eigenvalue weighted by atomic mass is 9.86. The van der Waals surface area contributed by atoms with E-state index in [1.807, 2.05) is 0 Å². The van der Waals surface area contributed by atoms with Gasteiger partial charge < -0.3 is 29.7 Å². The SMILES string of the molecule is COc1ccc(C(Cc2c(Cl)c[nH+]cc2Cl)OC(=O)c2ccc(NC(C(=O)O[C@H]3CN4CCC3CC4)c3ccc(F)cc3)cc2)cc1OC.[OH-]. The van der Waals surface area contributed by atoms with Crippen LogP contribution in [0.3, 0.4) is 0 Å². The van der Waals surface area contributed by atoms with Gasteiger partial charge in [-0.15, -0.1) is 0 Å². The first-order valence-corrected chi connectivity index (χ1v) is 16.8. The number of fused-ring (bicyclic) bond motifs is 3. The molecule has 2 bridgehead atoms. The lowest BCUT2D eigenvalue weighted by Gasteiger charge is -2.44. The lowest BCUT2D eigenvalue weighted by molar-refractivity contribution is -0.377. The number of hydrogen-bond acceptors (Lipinski definition) is 9. The summed E-state index contributed by atoms with van der Waals surface area (Å²) in [6.45, 7) is 2.76. The van der Waals surface area contributed by atoms with Gasteiger partial charge in [0.05, 0.1) is 19.8 Å². The summed E-state index contributed by atoms with van der Waals surface area (Å²) in [5.41, 5.74) is 2.65. The van der Waals surface area contributed by atoms with Gasteiger partial charge in [0.25, 0.3) is 0 Å². The fourth-order valence-corrected chi connectivity index (χ4v) is 6.93. The van der Waals surface area contributed by atoms with E-state index in [0.717, 1.165) is 32.5 Å². The van der Waals surface area contributed by atoms with Crippen molar-refractivity contribution < 1.29 is 43.4 Å². The number of anilines is 1. The molecule has 13 heteroatoms. The van der Waals surface area contributed by atoms with E-state index in [9.17, 15) is 14.0 Å². The summed E-state index contributed by atoms with van der Waals surface area (Å²) in [5, 5.41) is 4.02. The average Bonchev–Trinajstić information content (AvgIpc) is 3.12. The van der Waals surface area contributed by atoms with Gasteiger partial charge in [-0.1, -0.05) is 41.4 Å². The molecule has 1 aromatic heterocycles. The van der Waals surface area contributed by atoms with E-state index in [0.29, 0.717) is 49.8 Å². The predicted octanol–water partition coefficient (Wildman–Crippen LogP) is 6.72. The third-order valence-electron chi connectivity index (χ3n) is 9.15.